The fraction of sp³-hybridized carbons (Fsp3) is 0.429. The van der Waals surface area contributed by atoms with Crippen LogP contribution in [0, 0.1) is 11.8 Å². The number of phenolic OH excluding ortho intramolecular Hbond substituents is 1. The van der Waals surface area contributed by atoms with Crippen LogP contribution in [-0.2, 0) is 20.8 Å². The monoisotopic (exact) mass is 529 g/mol. The van der Waals surface area contributed by atoms with Gasteiger partial charge in [-0.2, -0.15) is 0 Å². The molecule has 0 aliphatic rings. The molecule has 2 aromatic rings. The van der Waals surface area contributed by atoms with Gasteiger partial charge in [-0.3, -0.25) is 14.4 Å². The molecular formula is C28H36ClN3O5. The van der Waals surface area contributed by atoms with Crippen molar-refractivity contribution >= 4 is 35.6 Å². The van der Waals surface area contributed by atoms with Crippen LogP contribution in [0.3, 0.4) is 0 Å². The Bertz CT molecular complexity index is 1070. The van der Waals surface area contributed by atoms with Crippen molar-refractivity contribution in [2.24, 2.45) is 11.8 Å². The number of nitrogens with one attached hydrogen (secondary N) is 3. The van der Waals surface area contributed by atoms with Gasteiger partial charge in [0.2, 0.25) is 11.8 Å². The molecular weight excluding hydrogens is 494 g/mol. The fourth-order valence-electron chi connectivity index (χ4n) is 3.90. The fourth-order valence-corrected chi connectivity index (χ4v) is 4.07. The topological polar surface area (TPSA) is 125 Å². The van der Waals surface area contributed by atoms with Crippen LogP contribution in [0.1, 0.15) is 56.5 Å². The highest BCUT2D eigenvalue weighted by Gasteiger charge is 2.29. The van der Waals surface area contributed by atoms with E-state index < -0.39 is 35.8 Å². The van der Waals surface area contributed by atoms with E-state index in [9.17, 15) is 24.3 Å². The lowest BCUT2D eigenvalue weighted by atomic mass is 10.00. The number of hydrogen-bond acceptors (Lipinski definition) is 5. The molecule has 200 valence electrons. The first-order valence-electron chi connectivity index (χ1n) is 12.4. The first kappa shape index (κ1) is 29.8. The smallest absolute Gasteiger partial charge is 0.255 e. The third-order valence-electron chi connectivity index (χ3n) is 5.67. The number of hydrogen-bond donors (Lipinski definition) is 4. The van der Waals surface area contributed by atoms with Crippen molar-refractivity contribution < 1.29 is 24.3 Å². The first-order chi connectivity index (χ1) is 17.5. The molecule has 0 aliphatic heterocycles. The highest BCUT2D eigenvalue weighted by atomic mass is 35.5. The lowest BCUT2D eigenvalue weighted by Gasteiger charge is -2.25. The van der Waals surface area contributed by atoms with Crippen LogP contribution < -0.4 is 16.0 Å². The standard InChI is InChI=1S/C28H36ClN3O5/c1-17(2)12-21(16-33)30-27(36)24(14-19-8-6-5-7-9-19)32-28(37)23(13-18(3)4)31-26(35)22-15-20(29)10-11-25(22)34/h5-11,15-18,21,23-24,34H,12-14H2,1-4H3,(H,30,36)(H,31,35)(H,32,37)/t21-,23-,24-/m0/s1. The van der Waals surface area contributed by atoms with Crippen LogP contribution in [0.5, 0.6) is 5.75 Å². The molecule has 0 aliphatic carbocycles. The second-order valence-electron chi connectivity index (χ2n) is 9.95. The highest BCUT2D eigenvalue weighted by Crippen LogP contribution is 2.22. The Morgan fingerprint density at radius 3 is 2.08 bits per heavy atom. The van der Waals surface area contributed by atoms with Crippen molar-refractivity contribution in [3.63, 3.8) is 0 Å². The van der Waals surface area contributed by atoms with E-state index in [1.54, 1.807) is 0 Å². The summed E-state index contributed by atoms with van der Waals surface area (Å²) in [6.45, 7) is 7.70. The summed E-state index contributed by atoms with van der Waals surface area (Å²) < 4.78 is 0. The number of aromatic hydroxyl groups is 1. The molecule has 8 nitrogen and oxygen atoms in total. The number of benzene rings is 2. The molecule has 3 atom stereocenters. The molecule has 4 N–H and O–H groups in total. The minimum atomic E-state index is -0.977. The Morgan fingerprint density at radius 1 is 0.865 bits per heavy atom. The zero-order valence-electron chi connectivity index (χ0n) is 21.7. The molecule has 3 amide bonds. The number of carbonyl (C=O) groups excluding carboxylic acids is 4. The number of phenols is 1. The molecule has 0 fully saturated rings. The molecule has 0 bridgehead atoms. The summed E-state index contributed by atoms with van der Waals surface area (Å²) in [4.78, 5) is 51.0. The van der Waals surface area contributed by atoms with Crippen LogP contribution in [0.15, 0.2) is 48.5 Å². The highest BCUT2D eigenvalue weighted by molar-refractivity contribution is 6.31. The summed E-state index contributed by atoms with van der Waals surface area (Å²) in [5.74, 6) is -1.75. The van der Waals surface area contributed by atoms with E-state index in [2.05, 4.69) is 16.0 Å². The van der Waals surface area contributed by atoms with E-state index in [0.717, 1.165) is 5.56 Å². The van der Waals surface area contributed by atoms with Crippen molar-refractivity contribution in [3.8, 4) is 5.75 Å². The quantitative estimate of drug-likeness (QED) is 0.295. The van der Waals surface area contributed by atoms with E-state index in [-0.39, 0.29) is 34.6 Å². The van der Waals surface area contributed by atoms with Crippen molar-refractivity contribution in [2.75, 3.05) is 0 Å². The molecule has 0 spiro atoms. The summed E-state index contributed by atoms with van der Waals surface area (Å²) in [6.07, 6.45) is 1.65. The van der Waals surface area contributed by atoms with Gasteiger partial charge in [0.15, 0.2) is 0 Å². The number of halogens is 1. The SMILES string of the molecule is CC(C)C[C@@H](C=O)NC(=O)[C@H](Cc1ccccc1)NC(=O)[C@H](CC(C)C)NC(=O)c1cc(Cl)ccc1O. The van der Waals surface area contributed by atoms with E-state index in [1.165, 1.54) is 18.2 Å². The summed E-state index contributed by atoms with van der Waals surface area (Å²) >= 11 is 5.97. The predicted octanol–water partition coefficient (Wildman–Crippen LogP) is 3.65. The van der Waals surface area contributed by atoms with Gasteiger partial charge in [-0.1, -0.05) is 69.6 Å². The molecule has 37 heavy (non-hydrogen) atoms. The summed E-state index contributed by atoms with van der Waals surface area (Å²) in [5, 5.41) is 18.5. The van der Waals surface area contributed by atoms with Crippen molar-refractivity contribution in [1.29, 1.82) is 0 Å². The lowest BCUT2D eigenvalue weighted by Crippen LogP contribution is -2.56. The van der Waals surface area contributed by atoms with Gasteiger partial charge in [-0.15, -0.1) is 0 Å². The van der Waals surface area contributed by atoms with Crippen molar-refractivity contribution in [3.05, 3.63) is 64.7 Å². The molecule has 2 rings (SSSR count). The number of rotatable bonds is 13. The van der Waals surface area contributed by atoms with Gasteiger partial charge in [-0.05, 0) is 48.4 Å². The van der Waals surface area contributed by atoms with Crippen LogP contribution in [0.2, 0.25) is 5.02 Å². The predicted molar refractivity (Wildman–Crippen MR) is 143 cm³/mol. The van der Waals surface area contributed by atoms with E-state index in [0.29, 0.717) is 19.1 Å². The van der Waals surface area contributed by atoms with Gasteiger partial charge in [0.1, 0.15) is 24.1 Å². The zero-order chi connectivity index (χ0) is 27.5. The summed E-state index contributed by atoms with van der Waals surface area (Å²) in [7, 11) is 0. The van der Waals surface area contributed by atoms with Crippen LogP contribution in [-0.4, -0.2) is 47.2 Å². The maximum absolute atomic E-state index is 13.4. The summed E-state index contributed by atoms with van der Waals surface area (Å²) in [6, 6.07) is 10.6. The number of aldehydes is 1. The maximum Gasteiger partial charge on any atom is 0.255 e. The molecule has 0 radical (unpaired) electrons. The Hall–Kier alpha value is -3.39. The van der Waals surface area contributed by atoms with E-state index in [4.69, 9.17) is 11.6 Å². The van der Waals surface area contributed by atoms with Crippen molar-refractivity contribution in [1.82, 2.24) is 16.0 Å². The van der Waals surface area contributed by atoms with Crippen LogP contribution in [0.25, 0.3) is 0 Å². The Balaban J connectivity index is 2.26. The molecule has 0 saturated carbocycles. The third-order valence-corrected chi connectivity index (χ3v) is 5.90. The maximum atomic E-state index is 13.4. The van der Waals surface area contributed by atoms with E-state index >= 15 is 0 Å². The second-order valence-corrected chi connectivity index (χ2v) is 10.4. The average molecular weight is 530 g/mol. The van der Waals surface area contributed by atoms with Gasteiger partial charge < -0.3 is 25.9 Å². The third kappa shape index (κ3) is 9.88. The van der Waals surface area contributed by atoms with Gasteiger partial charge in [-0.25, -0.2) is 0 Å². The largest absolute Gasteiger partial charge is 0.507 e. The summed E-state index contributed by atoms with van der Waals surface area (Å²) in [5.41, 5.74) is 0.762. The first-order valence-corrected chi connectivity index (χ1v) is 12.8. The Morgan fingerprint density at radius 2 is 1.49 bits per heavy atom. The Labute approximate surface area is 223 Å². The van der Waals surface area contributed by atoms with Gasteiger partial charge >= 0.3 is 0 Å². The normalized spacial score (nSPS) is 13.5. The van der Waals surface area contributed by atoms with Crippen LogP contribution >= 0.6 is 11.6 Å². The molecule has 0 unspecified atom stereocenters. The zero-order valence-corrected chi connectivity index (χ0v) is 22.4. The molecule has 0 heterocycles. The van der Waals surface area contributed by atoms with Gasteiger partial charge in [0.25, 0.3) is 5.91 Å². The van der Waals surface area contributed by atoms with Crippen molar-refractivity contribution in [2.45, 2.75) is 65.1 Å². The molecule has 9 heteroatoms. The van der Waals surface area contributed by atoms with Crippen LogP contribution in [0.4, 0.5) is 0 Å². The Kier molecular flexibility index (Phi) is 11.6. The lowest BCUT2D eigenvalue weighted by molar-refractivity contribution is -0.131. The van der Waals surface area contributed by atoms with Gasteiger partial charge in [0, 0.05) is 11.4 Å². The molecule has 0 aromatic heterocycles. The number of amides is 3. The average Bonchev–Trinajstić information content (AvgIpc) is 2.84. The van der Waals surface area contributed by atoms with Gasteiger partial charge in [0.05, 0.1) is 11.6 Å². The second kappa shape index (κ2) is 14.4. The number of carbonyl (C=O) groups is 4. The molecule has 0 saturated heterocycles. The molecule has 2 aromatic carbocycles. The minimum Gasteiger partial charge on any atom is -0.507 e. The minimum absolute atomic E-state index is 0.0379. The van der Waals surface area contributed by atoms with E-state index in [1.807, 2.05) is 58.0 Å².